The highest BCUT2D eigenvalue weighted by Gasteiger charge is 2.32. The van der Waals surface area contributed by atoms with Crippen molar-refractivity contribution in [2.75, 3.05) is 26.2 Å². The Morgan fingerprint density at radius 2 is 2.04 bits per heavy atom. The van der Waals surface area contributed by atoms with Crippen LogP contribution in [0.2, 0.25) is 0 Å². The van der Waals surface area contributed by atoms with Crippen LogP contribution in [0.15, 0.2) is 16.9 Å². The van der Waals surface area contributed by atoms with E-state index in [4.69, 9.17) is 10.1 Å². The molecule has 1 N–H and O–H groups in total. The SMILES string of the molecule is O=c1c(CN2CCc3nc(C4CC4)nn3CC2)ccc2n1C[C@@H]1CNC[C@H]2C1. The minimum atomic E-state index is 0.227. The Balaban J connectivity index is 1.19. The van der Waals surface area contributed by atoms with Crippen LogP contribution in [-0.2, 0) is 26.1 Å². The molecule has 6 rings (SSSR count). The molecule has 0 unspecified atom stereocenters. The lowest BCUT2D eigenvalue weighted by molar-refractivity contribution is 0.249. The van der Waals surface area contributed by atoms with Crippen LogP contribution < -0.4 is 10.9 Å². The van der Waals surface area contributed by atoms with E-state index < -0.39 is 0 Å². The number of nitrogens with zero attached hydrogens (tertiary/aromatic N) is 5. The third-order valence-corrected chi connectivity index (χ3v) is 6.97. The molecular formula is C21H28N6O. The number of pyridine rings is 1. The van der Waals surface area contributed by atoms with Gasteiger partial charge in [-0.2, -0.15) is 5.10 Å². The van der Waals surface area contributed by atoms with E-state index in [2.05, 4.69) is 31.6 Å². The van der Waals surface area contributed by atoms with E-state index in [0.717, 1.165) is 69.4 Å². The zero-order valence-electron chi connectivity index (χ0n) is 16.3. The maximum Gasteiger partial charge on any atom is 0.255 e. The molecule has 7 heteroatoms. The summed E-state index contributed by atoms with van der Waals surface area (Å²) in [4.78, 5) is 20.4. The summed E-state index contributed by atoms with van der Waals surface area (Å²) < 4.78 is 4.17. The molecule has 4 aliphatic rings. The van der Waals surface area contributed by atoms with Crippen LogP contribution >= 0.6 is 0 Å². The summed E-state index contributed by atoms with van der Waals surface area (Å²) in [6.07, 6.45) is 4.63. The minimum absolute atomic E-state index is 0.227. The van der Waals surface area contributed by atoms with E-state index in [9.17, 15) is 4.79 Å². The summed E-state index contributed by atoms with van der Waals surface area (Å²) in [5.41, 5.74) is 2.39. The van der Waals surface area contributed by atoms with E-state index in [-0.39, 0.29) is 5.56 Å². The highest BCUT2D eigenvalue weighted by molar-refractivity contribution is 5.22. The van der Waals surface area contributed by atoms with E-state index in [1.807, 2.05) is 0 Å². The minimum Gasteiger partial charge on any atom is -0.316 e. The van der Waals surface area contributed by atoms with E-state index in [0.29, 0.717) is 17.8 Å². The quantitative estimate of drug-likeness (QED) is 0.863. The van der Waals surface area contributed by atoms with Crippen molar-refractivity contribution in [3.63, 3.8) is 0 Å². The second-order valence-electron chi connectivity index (χ2n) is 9.07. The molecule has 0 aromatic carbocycles. The molecule has 0 spiro atoms. The summed E-state index contributed by atoms with van der Waals surface area (Å²) >= 11 is 0. The second-order valence-corrected chi connectivity index (χ2v) is 9.07. The first-order valence-corrected chi connectivity index (χ1v) is 10.8. The maximum absolute atomic E-state index is 13.2. The van der Waals surface area contributed by atoms with Crippen LogP contribution in [0.25, 0.3) is 0 Å². The molecule has 0 amide bonds. The highest BCUT2D eigenvalue weighted by Crippen LogP contribution is 2.38. The van der Waals surface area contributed by atoms with Crippen molar-refractivity contribution in [2.24, 2.45) is 5.92 Å². The van der Waals surface area contributed by atoms with Gasteiger partial charge in [0.2, 0.25) is 0 Å². The Kier molecular flexibility index (Phi) is 3.94. The fraction of sp³-hybridized carbons (Fsp3) is 0.667. The Bertz CT molecular complexity index is 933. The van der Waals surface area contributed by atoms with Gasteiger partial charge in [0.15, 0.2) is 5.82 Å². The molecule has 5 heterocycles. The normalized spacial score (nSPS) is 27.1. The van der Waals surface area contributed by atoms with Gasteiger partial charge in [-0.1, -0.05) is 6.07 Å². The molecular weight excluding hydrogens is 352 g/mol. The van der Waals surface area contributed by atoms with Crippen LogP contribution in [0.5, 0.6) is 0 Å². The third kappa shape index (κ3) is 2.92. The summed E-state index contributed by atoms with van der Waals surface area (Å²) in [6.45, 7) is 6.39. The number of aromatic nitrogens is 4. The molecule has 2 atom stereocenters. The Hall–Kier alpha value is -1.99. The number of hydrogen-bond acceptors (Lipinski definition) is 5. The van der Waals surface area contributed by atoms with E-state index in [1.165, 1.54) is 25.0 Å². The molecule has 2 aromatic rings. The van der Waals surface area contributed by atoms with Crippen molar-refractivity contribution in [2.45, 2.75) is 57.2 Å². The van der Waals surface area contributed by atoms with Gasteiger partial charge in [-0.3, -0.25) is 9.69 Å². The van der Waals surface area contributed by atoms with Crippen LogP contribution in [0.3, 0.4) is 0 Å². The molecule has 2 aromatic heterocycles. The molecule has 3 aliphatic heterocycles. The predicted molar refractivity (Wildman–Crippen MR) is 105 cm³/mol. The number of piperidine rings is 1. The van der Waals surface area contributed by atoms with Crippen LogP contribution in [0.1, 0.15) is 54.0 Å². The Morgan fingerprint density at radius 3 is 2.93 bits per heavy atom. The first-order valence-electron chi connectivity index (χ1n) is 10.8. The number of hydrogen-bond donors (Lipinski definition) is 1. The van der Waals surface area contributed by atoms with Gasteiger partial charge in [-0.05, 0) is 37.8 Å². The third-order valence-electron chi connectivity index (χ3n) is 6.97. The largest absolute Gasteiger partial charge is 0.316 e. The monoisotopic (exact) mass is 380 g/mol. The van der Waals surface area contributed by atoms with Crippen molar-refractivity contribution in [3.05, 3.63) is 45.4 Å². The average Bonchev–Trinajstić information content (AvgIpc) is 3.50. The lowest BCUT2D eigenvalue weighted by Gasteiger charge is -2.37. The van der Waals surface area contributed by atoms with E-state index >= 15 is 0 Å². The molecule has 148 valence electrons. The van der Waals surface area contributed by atoms with Crippen molar-refractivity contribution in [1.29, 1.82) is 0 Å². The lowest BCUT2D eigenvalue weighted by atomic mass is 9.84. The van der Waals surface area contributed by atoms with Crippen molar-refractivity contribution >= 4 is 0 Å². The summed E-state index contributed by atoms with van der Waals surface area (Å²) in [5, 5.41) is 8.25. The topological polar surface area (TPSA) is 68.0 Å². The Morgan fingerprint density at radius 1 is 1.11 bits per heavy atom. The van der Waals surface area contributed by atoms with Crippen molar-refractivity contribution < 1.29 is 0 Å². The van der Waals surface area contributed by atoms with Gasteiger partial charge in [0.05, 0.1) is 6.54 Å². The Labute approximate surface area is 164 Å². The van der Waals surface area contributed by atoms with Crippen LogP contribution in [0, 0.1) is 5.92 Å². The molecule has 28 heavy (non-hydrogen) atoms. The summed E-state index contributed by atoms with van der Waals surface area (Å²) in [7, 11) is 0. The molecule has 2 bridgehead atoms. The number of nitrogens with one attached hydrogen (secondary N) is 1. The zero-order chi connectivity index (χ0) is 18.7. The first-order chi connectivity index (χ1) is 13.7. The van der Waals surface area contributed by atoms with Gasteiger partial charge in [0, 0.05) is 62.2 Å². The average molecular weight is 380 g/mol. The van der Waals surface area contributed by atoms with Gasteiger partial charge in [0.25, 0.3) is 5.56 Å². The van der Waals surface area contributed by atoms with Gasteiger partial charge in [-0.15, -0.1) is 0 Å². The molecule has 0 radical (unpaired) electrons. The highest BCUT2D eigenvalue weighted by atomic mass is 16.1. The molecule has 7 nitrogen and oxygen atoms in total. The van der Waals surface area contributed by atoms with Gasteiger partial charge < -0.3 is 9.88 Å². The van der Waals surface area contributed by atoms with Gasteiger partial charge in [0.1, 0.15) is 5.82 Å². The fourth-order valence-electron chi connectivity index (χ4n) is 5.23. The molecule has 1 saturated carbocycles. The zero-order valence-corrected chi connectivity index (χ0v) is 16.3. The predicted octanol–water partition coefficient (Wildman–Crippen LogP) is 1.08. The standard InChI is InChI=1S/C21H28N6O/c28-21-16(3-4-18-17-9-14(10-22-11-17)12-26(18)21)13-25-6-5-19-23-20(15-1-2-15)24-27(19)8-7-25/h3-4,14-15,17,22H,1-2,5-13H2/t14-,17+/m0/s1. The summed E-state index contributed by atoms with van der Waals surface area (Å²) in [6, 6.07) is 4.28. The molecule has 1 saturated heterocycles. The van der Waals surface area contributed by atoms with Crippen molar-refractivity contribution in [1.82, 2.24) is 29.5 Å². The number of fused-ring (bicyclic) bond motifs is 5. The maximum atomic E-state index is 13.2. The fourth-order valence-corrected chi connectivity index (χ4v) is 5.23. The second kappa shape index (κ2) is 6.52. The number of rotatable bonds is 3. The molecule has 2 fully saturated rings. The summed E-state index contributed by atoms with van der Waals surface area (Å²) in [5.74, 6) is 3.88. The van der Waals surface area contributed by atoms with Crippen LogP contribution in [0.4, 0.5) is 0 Å². The lowest BCUT2D eigenvalue weighted by Crippen LogP contribution is -2.45. The van der Waals surface area contributed by atoms with E-state index in [1.54, 1.807) is 0 Å². The van der Waals surface area contributed by atoms with Gasteiger partial charge >= 0.3 is 0 Å². The van der Waals surface area contributed by atoms with Gasteiger partial charge in [-0.25, -0.2) is 9.67 Å². The van der Waals surface area contributed by atoms with Crippen LogP contribution in [-0.4, -0.2) is 50.4 Å². The van der Waals surface area contributed by atoms with Crippen molar-refractivity contribution in [3.8, 4) is 0 Å². The first kappa shape index (κ1) is 16.9. The molecule has 1 aliphatic carbocycles. The smallest absolute Gasteiger partial charge is 0.255 e.